The van der Waals surface area contributed by atoms with Crippen molar-refractivity contribution in [1.82, 2.24) is 0 Å². The summed E-state index contributed by atoms with van der Waals surface area (Å²) in [6.07, 6.45) is 0. The van der Waals surface area contributed by atoms with Crippen LogP contribution in [0.25, 0.3) is 41.7 Å². The van der Waals surface area contributed by atoms with E-state index in [0.717, 1.165) is 25.6 Å². The zero-order valence-corrected chi connectivity index (χ0v) is 15.0. The van der Waals surface area contributed by atoms with Crippen molar-refractivity contribution in [3.8, 4) is 0 Å². The van der Waals surface area contributed by atoms with E-state index in [4.69, 9.17) is 11.6 Å². The van der Waals surface area contributed by atoms with Gasteiger partial charge in [-0.2, -0.15) is 0 Å². The lowest BCUT2D eigenvalue weighted by atomic mass is 10.0. The summed E-state index contributed by atoms with van der Waals surface area (Å²) in [6, 6.07) is 20.5. The molecule has 3 heteroatoms. The molecule has 0 aliphatic rings. The zero-order valence-electron chi connectivity index (χ0n) is 13.5. The molecule has 0 atom stereocenters. The monoisotopic (exact) mass is 360 g/mol. The number of hydrogen-bond acceptors (Lipinski definition) is 2. The van der Waals surface area contributed by atoms with Gasteiger partial charge in [-0.1, -0.05) is 35.4 Å². The van der Waals surface area contributed by atoms with E-state index >= 15 is 0 Å². The van der Waals surface area contributed by atoms with Gasteiger partial charge in [0, 0.05) is 25.2 Å². The molecule has 0 spiro atoms. The van der Waals surface area contributed by atoms with Gasteiger partial charge in [0.15, 0.2) is 5.43 Å². The second-order valence-electron chi connectivity index (χ2n) is 6.47. The van der Waals surface area contributed by atoms with Gasteiger partial charge in [0.2, 0.25) is 0 Å². The first-order valence-corrected chi connectivity index (χ1v) is 9.28. The molecule has 0 unspecified atom stereocenters. The molecule has 0 aliphatic carbocycles. The highest BCUT2D eigenvalue weighted by atomic mass is 35.5. The molecule has 120 valence electrons. The largest absolute Gasteiger partial charge is 0.289 e. The first-order valence-electron chi connectivity index (χ1n) is 8.09. The van der Waals surface area contributed by atoms with E-state index in [1.165, 1.54) is 16.3 Å². The van der Waals surface area contributed by atoms with Crippen LogP contribution in [0, 0.1) is 6.92 Å². The molecule has 1 aromatic heterocycles. The molecule has 0 saturated heterocycles. The van der Waals surface area contributed by atoms with Gasteiger partial charge in [-0.05, 0) is 70.9 Å². The molecule has 0 N–H and O–H groups in total. The Bertz CT molecular complexity index is 1380. The van der Waals surface area contributed by atoms with Gasteiger partial charge in [-0.15, -0.1) is 11.3 Å². The van der Waals surface area contributed by atoms with Gasteiger partial charge in [-0.3, -0.25) is 4.79 Å². The summed E-state index contributed by atoms with van der Waals surface area (Å²) >= 11 is 7.72. The standard InChI is InChI=1S/C22H13ClOS/c1-12-2-3-13-7-16-10-21-18(9-15(16)8-14(13)6-12)22(24)19-11-17(23)4-5-20(19)25-21/h2-11H,1H3. The topological polar surface area (TPSA) is 17.1 Å². The number of fused-ring (bicyclic) bond motifs is 4. The van der Waals surface area contributed by atoms with E-state index in [2.05, 4.69) is 43.3 Å². The van der Waals surface area contributed by atoms with Crippen LogP contribution in [0.3, 0.4) is 0 Å². The molecule has 0 radical (unpaired) electrons. The van der Waals surface area contributed by atoms with E-state index in [-0.39, 0.29) is 5.43 Å². The second-order valence-corrected chi connectivity index (χ2v) is 7.99. The highest BCUT2D eigenvalue weighted by molar-refractivity contribution is 7.24. The molecule has 0 aliphatic heterocycles. The Labute approximate surface area is 153 Å². The number of aryl methyl sites for hydroxylation is 1. The molecular weight excluding hydrogens is 348 g/mol. The normalized spacial score (nSPS) is 11.8. The van der Waals surface area contributed by atoms with Crippen molar-refractivity contribution >= 4 is 64.7 Å². The predicted octanol–water partition coefficient (Wildman–Crippen LogP) is 6.68. The summed E-state index contributed by atoms with van der Waals surface area (Å²) < 4.78 is 1.98. The van der Waals surface area contributed by atoms with Crippen molar-refractivity contribution in [2.24, 2.45) is 0 Å². The third kappa shape index (κ3) is 2.33. The third-order valence-corrected chi connectivity index (χ3v) is 6.07. The van der Waals surface area contributed by atoms with Crippen LogP contribution >= 0.6 is 22.9 Å². The van der Waals surface area contributed by atoms with Crippen molar-refractivity contribution in [2.75, 3.05) is 0 Å². The van der Waals surface area contributed by atoms with Gasteiger partial charge in [-0.25, -0.2) is 0 Å². The highest BCUT2D eigenvalue weighted by Gasteiger charge is 2.09. The maximum Gasteiger partial charge on any atom is 0.195 e. The lowest BCUT2D eigenvalue weighted by molar-refractivity contribution is 1.51. The second kappa shape index (κ2) is 5.29. The van der Waals surface area contributed by atoms with Crippen molar-refractivity contribution in [1.29, 1.82) is 0 Å². The minimum absolute atomic E-state index is 0.0532. The van der Waals surface area contributed by atoms with Crippen molar-refractivity contribution in [3.63, 3.8) is 0 Å². The maximum absolute atomic E-state index is 12.9. The molecule has 5 aromatic rings. The van der Waals surface area contributed by atoms with Gasteiger partial charge >= 0.3 is 0 Å². The molecule has 25 heavy (non-hydrogen) atoms. The molecule has 0 bridgehead atoms. The molecule has 5 rings (SSSR count). The quantitative estimate of drug-likeness (QED) is 0.281. The van der Waals surface area contributed by atoms with E-state index in [1.54, 1.807) is 17.4 Å². The molecule has 4 aromatic carbocycles. The fourth-order valence-electron chi connectivity index (χ4n) is 3.44. The SMILES string of the molecule is Cc1ccc2cc3cc4sc5ccc(Cl)cc5c(=O)c4cc3cc2c1. The molecule has 0 saturated carbocycles. The van der Waals surface area contributed by atoms with Crippen LogP contribution < -0.4 is 5.43 Å². The summed E-state index contributed by atoms with van der Waals surface area (Å²) in [7, 11) is 0. The average molecular weight is 361 g/mol. The minimum atomic E-state index is 0.0532. The summed E-state index contributed by atoms with van der Waals surface area (Å²) in [5.74, 6) is 0. The van der Waals surface area contributed by atoms with Crippen LogP contribution in [-0.4, -0.2) is 0 Å². The van der Waals surface area contributed by atoms with E-state index in [0.29, 0.717) is 10.4 Å². The fourth-order valence-corrected chi connectivity index (χ4v) is 4.70. The Morgan fingerprint density at radius 2 is 1.44 bits per heavy atom. The van der Waals surface area contributed by atoms with Crippen LogP contribution in [0.2, 0.25) is 5.02 Å². The van der Waals surface area contributed by atoms with Gasteiger partial charge in [0.25, 0.3) is 0 Å². The highest BCUT2D eigenvalue weighted by Crippen LogP contribution is 2.31. The van der Waals surface area contributed by atoms with Crippen molar-refractivity contribution < 1.29 is 0 Å². The first-order chi connectivity index (χ1) is 12.1. The summed E-state index contributed by atoms with van der Waals surface area (Å²) in [4.78, 5) is 12.9. The fraction of sp³-hybridized carbons (Fsp3) is 0.0455. The first kappa shape index (κ1) is 14.9. The van der Waals surface area contributed by atoms with E-state index in [9.17, 15) is 4.79 Å². The lowest BCUT2D eigenvalue weighted by Gasteiger charge is -2.07. The summed E-state index contributed by atoms with van der Waals surface area (Å²) in [5.41, 5.74) is 1.29. The molecule has 0 fully saturated rings. The van der Waals surface area contributed by atoms with E-state index in [1.807, 2.05) is 18.2 Å². The molecule has 1 nitrogen and oxygen atoms in total. The molecular formula is C22H13ClOS. The smallest absolute Gasteiger partial charge is 0.195 e. The lowest BCUT2D eigenvalue weighted by Crippen LogP contribution is -2.00. The van der Waals surface area contributed by atoms with Crippen molar-refractivity contribution in [2.45, 2.75) is 6.92 Å². The van der Waals surface area contributed by atoms with Crippen molar-refractivity contribution in [3.05, 3.63) is 81.5 Å². The van der Waals surface area contributed by atoms with Gasteiger partial charge in [0.1, 0.15) is 0 Å². The molecule has 0 amide bonds. The number of benzene rings is 4. The Morgan fingerprint density at radius 1 is 0.720 bits per heavy atom. The van der Waals surface area contributed by atoms with Crippen LogP contribution in [-0.2, 0) is 0 Å². The van der Waals surface area contributed by atoms with Crippen LogP contribution in [0.4, 0.5) is 0 Å². The van der Waals surface area contributed by atoms with Crippen LogP contribution in [0.15, 0.2) is 65.5 Å². The number of hydrogen-bond donors (Lipinski definition) is 0. The minimum Gasteiger partial charge on any atom is -0.289 e. The summed E-state index contributed by atoms with van der Waals surface area (Å²) in [5, 5.41) is 6.73. The average Bonchev–Trinajstić information content (AvgIpc) is 2.60. The summed E-state index contributed by atoms with van der Waals surface area (Å²) in [6.45, 7) is 2.09. The van der Waals surface area contributed by atoms with Gasteiger partial charge in [0.05, 0.1) is 0 Å². The number of rotatable bonds is 0. The predicted molar refractivity (Wildman–Crippen MR) is 110 cm³/mol. The Kier molecular flexibility index (Phi) is 3.15. The number of halogens is 1. The Balaban J connectivity index is 1.94. The molecule has 1 heterocycles. The van der Waals surface area contributed by atoms with E-state index < -0.39 is 0 Å². The van der Waals surface area contributed by atoms with Gasteiger partial charge < -0.3 is 0 Å². The maximum atomic E-state index is 12.9. The van der Waals surface area contributed by atoms with Crippen LogP contribution in [0.5, 0.6) is 0 Å². The Morgan fingerprint density at radius 3 is 2.32 bits per heavy atom. The van der Waals surface area contributed by atoms with Crippen LogP contribution in [0.1, 0.15) is 5.56 Å². The zero-order chi connectivity index (χ0) is 17.1. The third-order valence-electron chi connectivity index (χ3n) is 4.70. The Hall–Kier alpha value is -2.42.